The first kappa shape index (κ1) is 22.7. The van der Waals surface area contributed by atoms with Crippen LogP contribution in [0.25, 0.3) is 11.5 Å². The molecule has 2 amide bonds. The molecule has 2 aromatic heterocycles. The molecule has 1 aliphatic rings. The topological polar surface area (TPSA) is 55.1 Å². The minimum atomic E-state index is -0.521. The Bertz CT molecular complexity index is 1570. The second-order valence-electron chi connectivity index (χ2n) is 8.96. The Hall–Kier alpha value is -4.72. The highest BCUT2D eigenvalue weighted by Gasteiger charge is 2.36. The molecule has 0 saturated carbocycles. The number of halogens is 2. The summed E-state index contributed by atoms with van der Waals surface area (Å²) in [5.74, 6) is 0.102. The lowest BCUT2D eigenvalue weighted by atomic mass is 10.0. The van der Waals surface area contributed by atoms with Crippen LogP contribution in [-0.4, -0.2) is 25.3 Å². The van der Waals surface area contributed by atoms with Gasteiger partial charge in [0.2, 0.25) is 0 Å². The maximum Gasteiger partial charge on any atom is 0.322 e. The highest BCUT2D eigenvalue weighted by Crippen LogP contribution is 2.38. The van der Waals surface area contributed by atoms with Gasteiger partial charge in [-0.2, -0.15) is 5.10 Å². The predicted molar refractivity (Wildman–Crippen MR) is 137 cm³/mol. The van der Waals surface area contributed by atoms with Crippen molar-refractivity contribution in [3.8, 4) is 11.5 Å². The van der Waals surface area contributed by atoms with E-state index in [9.17, 15) is 13.6 Å². The number of aromatic nitrogens is 3. The van der Waals surface area contributed by atoms with Gasteiger partial charge in [-0.3, -0.25) is 0 Å². The van der Waals surface area contributed by atoms with Gasteiger partial charge >= 0.3 is 6.03 Å². The zero-order valence-corrected chi connectivity index (χ0v) is 20.0. The van der Waals surface area contributed by atoms with Crippen molar-refractivity contribution in [3.05, 3.63) is 131 Å². The van der Waals surface area contributed by atoms with Crippen LogP contribution in [0.15, 0.2) is 97.2 Å². The Morgan fingerprint density at radius 1 is 0.892 bits per heavy atom. The molecule has 0 aliphatic carbocycles. The van der Waals surface area contributed by atoms with E-state index >= 15 is 0 Å². The third-order valence-corrected chi connectivity index (χ3v) is 6.63. The fourth-order valence-electron chi connectivity index (χ4n) is 4.87. The van der Waals surface area contributed by atoms with Gasteiger partial charge in [-0.05, 0) is 73.2 Å². The van der Waals surface area contributed by atoms with Crippen LogP contribution < -0.4 is 5.32 Å². The number of hydrogen-bond donors (Lipinski definition) is 1. The van der Waals surface area contributed by atoms with E-state index in [0.29, 0.717) is 5.69 Å². The largest absolute Gasteiger partial charge is 0.322 e. The molecule has 37 heavy (non-hydrogen) atoms. The van der Waals surface area contributed by atoms with Crippen LogP contribution in [0.5, 0.6) is 0 Å². The summed E-state index contributed by atoms with van der Waals surface area (Å²) in [5, 5.41) is 7.72. The Morgan fingerprint density at radius 3 is 2.27 bits per heavy atom. The van der Waals surface area contributed by atoms with Gasteiger partial charge in [0.1, 0.15) is 17.5 Å². The van der Waals surface area contributed by atoms with Crippen molar-refractivity contribution in [2.75, 3.05) is 5.32 Å². The highest BCUT2D eigenvalue weighted by atomic mass is 19.1. The van der Waals surface area contributed by atoms with Gasteiger partial charge in [-0.15, -0.1) is 0 Å². The summed E-state index contributed by atoms with van der Waals surface area (Å²) in [4.78, 5) is 15.5. The molecule has 3 aromatic carbocycles. The molecule has 8 heteroatoms. The number of hydrogen-bond acceptors (Lipinski definition) is 2. The Balaban J connectivity index is 1.53. The van der Waals surface area contributed by atoms with Crippen molar-refractivity contribution in [2.24, 2.45) is 0 Å². The average Bonchev–Trinajstić information content (AvgIpc) is 3.47. The Kier molecular flexibility index (Phi) is 5.56. The highest BCUT2D eigenvalue weighted by molar-refractivity contribution is 5.90. The van der Waals surface area contributed by atoms with Gasteiger partial charge in [0.15, 0.2) is 0 Å². The molecule has 1 atom stereocenters. The van der Waals surface area contributed by atoms with Crippen molar-refractivity contribution < 1.29 is 13.6 Å². The molecule has 0 spiro atoms. The third-order valence-electron chi connectivity index (χ3n) is 6.63. The first-order valence-corrected chi connectivity index (χ1v) is 11.9. The van der Waals surface area contributed by atoms with E-state index in [4.69, 9.17) is 5.10 Å². The molecule has 0 radical (unpaired) electrons. The Labute approximate surface area is 212 Å². The summed E-state index contributed by atoms with van der Waals surface area (Å²) in [6.07, 6.45) is 1.95. The number of aryl methyl sites for hydroxylation is 1. The molecule has 1 aliphatic heterocycles. The van der Waals surface area contributed by atoms with Crippen molar-refractivity contribution in [3.63, 3.8) is 0 Å². The summed E-state index contributed by atoms with van der Waals surface area (Å²) >= 11 is 0. The number of anilines is 1. The van der Waals surface area contributed by atoms with E-state index in [-0.39, 0.29) is 24.2 Å². The van der Waals surface area contributed by atoms with Crippen LogP contribution in [0, 0.1) is 18.6 Å². The van der Waals surface area contributed by atoms with Crippen molar-refractivity contribution in [2.45, 2.75) is 19.5 Å². The zero-order chi connectivity index (χ0) is 25.5. The monoisotopic (exact) mass is 495 g/mol. The summed E-state index contributed by atoms with van der Waals surface area (Å²) < 4.78 is 31.3. The number of benzene rings is 3. The molecule has 0 bridgehead atoms. The van der Waals surface area contributed by atoms with Crippen molar-refractivity contribution in [1.82, 2.24) is 19.2 Å². The van der Waals surface area contributed by atoms with E-state index in [2.05, 4.69) is 5.32 Å². The van der Waals surface area contributed by atoms with Crippen LogP contribution >= 0.6 is 0 Å². The number of fused-ring (bicyclic) bond motifs is 3. The summed E-state index contributed by atoms with van der Waals surface area (Å²) in [7, 11) is 0. The van der Waals surface area contributed by atoms with E-state index in [1.165, 1.54) is 36.4 Å². The first-order chi connectivity index (χ1) is 18.0. The molecular weight excluding hydrogens is 472 g/mol. The average molecular weight is 496 g/mol. The van der Waals surface area contributed by atoms with Crippen LogP contribution in [0.2, 0.25) is 0 Å². The lowest BCUT2D eigenvalue weighted by Gasteiger charge is -2.31. The van der Waals surface area contributed by atoms with Crippen LogP contribution in [-0.2, 0) is 6.54 Å². The lowest BCUT2D eigenvalue weighted by molar-refractivity contribution is 0.194. The lowest BCUT2D eigenvalue weighted by Crippen LogP contribution is -2.38. The molecule has 5 aromatic rings. The molecule has 6 nitrogen and oxygen atoms in total. The Morgan fingerprint density at radius 2 is 1.57 bits per heavy atom. The van der Waals surface area contributed by atoms with Crippen LogP contribution in [0.4, 0.5) is 19.3 Å². The molecule has 0 saturated heterocycles. The zero-order valence-electron chi connectivity index (χ0n) is 20.0. The minimum absolute atomic E-state index is 0.255. The molecule has 0 fully saturated rings. The summed E-state index contributed by atoms with van der Waals surface area (Å²) in [6.45, 7) is 2.18. The number of para-hydroxylation sites is 1. The number of rotatable bonds is 3. The standard InChI is InChI=1S/C29H23F2N5O/c1-19-25-18-35(29(37)32-23-15-13-22(31)14-16-23)27(20-9-11-21(30)12-10-20)26-8-5-17-34(26)28(25)36(33-19)24-6-3-2-4-7-24/h2-17,27H,18H2,1H3,(H,32,37). The van der Waals surface area contributed by atoms with E-state index < -0.39 is 6.04 Å². The summed E-state index contributed by atoms with van der Waals surface area (Å²) in [5.41, 5.74) is 4.64. The molecule has 3 heterocycles. The SMILES string of the molecule is Cc1nn(-c2ccccc2)c2c1CN(C(=O)Nc1ccc(F)cc1)C(c1ccc(F)cc1)c1cccn1-2. The van der Waals surface area contributed by atoms with Gasteiger partial charge in [-0.1, -0.05) is 30.3 Å². The van der Waals surface area contributed by atoms with E-state index in [0.717, 1.165) is 34.0 Å². The number of nitrogens with one attached hydrogen (secondary N) is 1. The molecule has 1 unspecified atom stereocenters. The van der Waals surface area contributed by atoms with Gasteiger partial charge < -0.3 is 14.8 Å². The summed E-state index contributed by atoms with van der Waals surface area (Å²) in [6, 6.07) is 24.6. The predicted octanol–water partition coefficient (Wildman–Crippen LogP) is 6.39. The molecule has 6 rings (SSSR count). The number of carbonyl (C=O) groups is 1. The quantitative estimate of drug-likeness (QED) is 0.316. The van der Waals surface area contributed by atoms with Gasteiger partial charge in [0.25, 0.3) is 0 Å². The number of carbonyl (C=O) groups excluding carboxylic acids is 1. The number of urea groups is 1. The van der Waals surface area contributed by atoms with Gasteiger partial charge in [-0.25, -0.2) is 18.3 Å². The van der Waals surface area contributed by atoms with E-state index in [1.54, 1.807) is 17.0 Å². The minimum Gasteiger partial charge on any atom is -0.308 e. The normalized spacial score (nSPS) is 14.6. The van der Waals surface area contributed by atoms with Crippen molar-refractivity contribution in [1.29, 1.82) is 0 Å². The second kappa shape index (κ2) is 9.05. The maximum absolute atomic E-state index is 13.9. The molecule has 1 N–H and O–H groups in total. The van der Waals surface area contributed by atoms with Gasteiger partial charge in [0, 0.05) is 17.4 Å². The maximum atomic E-state index is 13.9. The van der Waals surface area contributed by atoms with E-state index in [1.807, 2.05) is 64.8 Å². The third kappa shape index (κ3) is 4.06. The fourth-order valence-corrected chi connectivity index (χ4v) is 4.87. The first-order valence-electron chi connectivity index (χ1n) is 11.9. The van der Waals surface area contributed by atoms with Gasteiger partial charge in [0.05, 0.1) is 29.7 Å². The fraction of sp³-hybridized carbons (Fsp3) is 0.103. The number of nitrogens with zero attached hydrogens (tertiary/aromatic N) is 4. The molecule has 184 valence electrons. The second-order valence-corrected chi connectivity index (χ2v) is 8.96. The van der Waals surface area contributed by atoms with Crippen LogP contribution in [0.1, 0.15) is 28.6 Å². The van der Waals surface area contributed by atoms with Crippen molar-refractivity contribution >= 4 is 11.7 Å². The molecular formula is C29H23F2N5O. The number of amides is 2. The van der Waals surface area contributed by atoms with Crippen LogP contribution in [0.3, 0.4) is 0 Å². The smallest absolute Gasteiger partial charge is 0.308 e.